The Morgan fingerprint density at radius 2 is 1.59 bits per heavy atom. The van der Waals surface area contributed by atoms with E-state index in [0.29, 0.717) is 11.3 Å². The summed E-state index contributed by atoms with van der Waals surface area (Å²) in [7, 11) is 0. The van der Waals surface area contributed by atoms with Gasteiger partial charge in [0.1, 0.15) is 17.4 Å². The summed E-state index contributed by atoms with van der Waals surface area (Å²) < 4.78 is 11.2. The number of carbonyl (C=O) groups is 4. The third-order valence-corrected chi connectivity index (χ3v) is 6.03. The SMILES string of the molecule is Cc1cc(C)c(C(C)(C)CC(=O)O)c(OC(=O)CCCC(=O)NC(Cc2ccccc2)C(=O)OC(C)(C)C)c1. The molecule has 39 heavy (non-hydrogen) atoms. The van der Waals surface area contributed by atoms with Crippen LogP contribution in [0.4, 0.5) is 0 Å². The highest BCUT2D eigenvalue weighted by Crippen LogP contribution is 2.38. The number of carboxylic acids is 1. The van der Waals surface area contributed by atoms with Gasteiger partial charge in [-0.2, -0.15) is 0 Å². The van der Waals surface area contributed by atoms with Gasteiger partial charge in [-0.05, 0) is 63.8 Å². The fraction of sp³-hybridized carbons (Fsp3) is 0.484. The van der Waals surface area contributed by atoms with E-state index >= 15 is 0 Å². The maximum absolute atomic E-state index is 12.8. The first-order valence-electron chi connectivity index (χ1n) is 13.2. The number of esters is 2. The fourth-order valence-corrected chi connectivity index (χ4v) is 4.59. The minimum absolute atomic E-state index is 0.0189. The van der Waals surface area contributed by atoms with Gasteiger partial charge in [0.05, 0.1) is 6.42 Å². The molecule has 1 amide bonds. The molecule has 1 atom stereocenters. The van der Waals surface area contributed by atoms with Gasteiger partial charge in [0.2, 0.25) is 5.91 Å². The summed E-state index contributed by atoms with van der Waals surface area (Å²) in [6, 6.07) is 12.1. The monoisotopic (exact) mass is 539 g/mol. The molecule has 0 saturated heterocycles. The van der Waals surface area contributed by atoms with E-state index in [9.17, 15) is 24.3 Å². The predicted molar refractivity (Wildman–Crippen MR) is 149 cm³/mol. The van der Waals surface area contributed by atoms with E-state index in [1.165, 1.54) is 0 Å². The van der Waals surface area contributed by atoms with Gasteiger partial charge in [-0.15, -0.1) is 0 Å². The third-order valence-electron chi connectivity index (χ3n) is 6.03. The number of hydrogen-bond donors (Lipinski definition) is 2. The van der Waals surface area contributed by atoms with Crippen molar-refractivity contribution in [1.82, 2.24) is 5.32 Å². The van der Waals surface area contributed by atoms with Crippen LogP contribution in [0.25, 0.3) is 0 Å². The molecule has 0 aromatic heterocycles. The molecule has 2 rings (SSSR count). The number of benzene rings is 2. The first-order chi connectivity index (χ1) is 18.1. The topological polar surface area (TPSA) is 119 Å². The lowest BCUT2D eigenvalue weighted by molar-refractivity contribution is -0.158. The van der Waals surface area contributed by atoms with Crippen LogP contribution in [-0.2, 0) is 35.8 Å². The Bertz CT molecular complexity index is 1180. The molecule has 1 unspecified atom stereocenters. The van der Waals surface area contributed by atoms with Crippen molar-refractivity contribution in [1.29, 1.82) is 0 Å². The summed E-state index contributed by atoms with van der Waals surface area (Å²) in [5.41, 5.74) is 1.82. The van der Waals surface area contributed by atoms with Crippen LogP contribution < -0.4 is 10.1 Å². The number of aryl methyl sites for hydroxylation is 2. The average molecular weight is 540 g/mol. The summed E-state index contributed by atoms with van der Waals surface area (Å²) in [5, 5.41) is 12.1. The summed E-state index contributed by atoms with van der Waals surface area (Å²) in [6.07, 6.45) is 0.382. The maximum atomic E-state index is 12.8. The predicted octanol–water partition coefficient (Wildman–Crippen LogP) is 5.20. The standard InChI is InChI=1S/C31H41NO7/c1-20-16-21(2)28(31(6,7)19-26(34)35)24(17-20)38-27(36)15-11-14-25(33)32-23(29(37)39-30(3,4)5)18-22-12-9-8-10-13-22/h8-10,12-13,16-17,23H,11,14-15,18-19H2,1-7H3,(H,32,33)(H,34,35). The Kier molecular flexibility index (Phi) is 10.8. The highest BCUT2D eigenvalue weighted by atomic mass is 16.6. The Morgan fingerprint density at radius 3 is 2.18 bits per heavy atom. The van der Waals surface area contributed by atoms with Gasteiger partial charge < -0.3 is 19.9 Å². The van der Waals surface area contributed by atoms with Gasteiger partial charge in [-0.3, -0.25) is 14.4 Å². The Morgan fingerprint density at radius 1 is 0.949 bits per heavy atom. The number of ether oxygens (including phenoxy) is 2. The normalized spacial score (nSPS) is 12.4. The van der Waals surface area contributed by atoms with Crippen molar-refractivity contribution < 1.29 is 33.8 Å². The first kappa shape index (κ1) is 31.5. The van der Waals surface area contributed by atoms with Crippen LogP contribution in [0.5, 0.6) is 5.75 Å². The van der Waals surface area contributed by atoms with E-state index in [1.807, 2.05) is 50.2 Å². The van der Waals surface area contributed by atoms with Crippen LogP contribution in [0, 0.1) is 13.8 Å². The first-order valence-corrected chi connectivity index (χ1v) is 13.2. The number of nitrogens with one attached hydrogen (secondary N) is 1. The van der Waals surface area contributed by atoms with Crippen LogP contribution in [0.1, 0.15) is 82.6 Å². The summed E-state index contributed by atoms with van der Waals surface area (Å²) in [4.78, 5) is 49.6. The minimum atomic E-state index is -0.944. The summed E-state index contributed by atoms with van der Waals surface area (Å²) >= 11 is 0. The van der Waals surface area contributed by atoms with Gasteiger partial charge >= 0.3 is 17.9 Å². The maximum Gasteiger partial charge on any atom is 0.329 e. The lowest BCUT2D eigenvalue weighted by atomic mass is 9.78. The van der Waals surface area contributed by atoms with Crippen molar-refractivity contribution in [3.63, 3.8) is 0 Å². The molecule has 0 spiro atoms. The third kappa shape index (κ3) is 10.5. The molecule has 0 radical (unpaired) electrons. The number of rotatable bonds is 12. The molecule has 0 aliphatic rings. The molecule has 2 aromatic carbocycles. The molecule has 0 aliphatic heterocycles. The quantitative estimate of drug-likeness (QED) is 0.281. The number of aliphatic carboxylic acids is 1. The summed E-state index contributed by atoms with van der Waals surface area (Å²) in [5.74, 6) is -2.02. The molecule has 8 heteroatoms. The van der Waals surface area contributed by atoms with Crippen molar-refractivity contribution in [2.45, 2.75) is 97.6 Å². The lowest BCUT2D eigenvalue weighted by Gasteiger charge is -2.28. The van der Waals surface area contributed by atoms with Crippen LogP contribution in [-0.4, -0.2) is 40.6 Å². The zero-order valence-electron chi connectivity index (χ0n) is 24.1. The van der Waals surface area contributed by atoms with E-state index in [2.05, 4.69) is 5.32 Å². The second-order valence-corrected chi connectivity index (χ2v) is 11.6. The van der Waals surface area contributed by atoms with E-state index in [4.69, 9.17) is 9.47 Å². The molecule has 8 nitrogen and oxygen atoms in total. The Hall–Kier alpha value is -3.68. The minimum Gasteiger partial charge on any atom is -0.481 e. The smallest absolute Gasteiger partial charge is 0.329 e. The van der Waals surface area contributed by atoms with E-state index in [0.717, 1.165) is 16.7 Å². The van der Waals surface area contributed by atoms with Gasteiger partial charge in [-0.1, -0.05) is 50.2 Å². The van der Waals surface area contributed by atoms with Crippen molar-refractivity contribution >= 4 is 23.8 Å². The molecule has 0 heterocycles. The Balaban J connectivity index is 2.03. The molecule has 0 fully saturated rings. The average Bonchev–Trinajstić information content (AvgIpc) is 2.76. The molecule has 0 aliphatic carbocycles. The van der Waals surface area contributed by atoms with E-state index in [1.54, 1.807) is 40.7 Å². The molecule has 2 aromatic rings. The zero-order valence-corrected chi connectivity index (χ0v) is 24.1. The van der Waals surface area contributed by atoms with E-state index in [-0.39, 0.29) is 38.0 Å². The molecule has 0 bridgehead atoms. The highest BCUT2D eigenvalue weighted by Gasteiger charge is 2.31. The molecule has 0 saturated carbocycles. The number of carbonyl (C=O) groups excluding carboxylic acids is 3. The van der Waals surface area contributed by atoms with Crippen molar-refractivity contribution in [2.24, 2.45) is 0 Å². The van der Waals surface area contributed by atoms with Crippen molar-refractivity contribution in [2.75, 3.05) is 0 Å². The fourth-order valence-electron chi connectivity index (χ4n) is 4.59. The number of carboxylic acid groups (broad SMARTS) is 1. The van der Waals surface area contributed by atoms with Crippen LogP contribution in [0.2, 0.25) is 0 Å². The second kappa shape index (κ2) is 13.4. The molecular formula is C31H41NO7. The Labute approximate surface area is 231 Å². The van der Waals surface area contributed by atoms with E-state index < -0.39 is 35.0 Å². The molecule has 212 valence electrons. The van der Waals surface area contributed by atoms with Crippen molar-refractivity contribution in [3.8, 4) is 5.75 Å². The zero-order chi connectivity index (χ0) is 29.4. The second-order valence-electron chi connectivity index (χ2n) is 11.6. The van der Waals surface area contributed by atoms with Gasteiger partial charge in [0.25, 0.3) is 0 Å². The van der Waals surface area contributed by atoms with Crippen molar-refractivity contribution in [3.05, 3.63) is 64.7 Å². The molecule has 2 N–H and O–H groups in total. The number of amides is 1. The van der Waals surface area contributed by atoms with Crippen LogP contribution in [0.15, 0.2) is 42.5 Å². The largest absolute Gasteiger partial charge is 0.481 e. The van der Waals surface area contributed by atoms with Gasteiger partial charge in [0, 0.05) is 30.2 Å². The van der Waals surface area contributed by atoms with Crippen LogP contribution in [0.3, 0.4) is 0 Å². The highest BCUT2D eigenvalue weighted by molar-refractivity contribution is 5.85. The molecular weight excluding hydrogens is 498 g/mol. The number of hydrogen-bond acceptors (Lipinski definition) is 6. The van der Waals surface area contributed by atoms with Gasteiger partial charge in [-0.25, -0.2) is 4.79 Å². The van der Waals surface area contributed by atoms with Gasteiger partial charge in [0.15, 0.2) is 0 Å². The summed E-state index contributed by atoms with van der Waals surface area (Å²) in [6.45, 7) is 12.6. The van der Waals surface area contributed by atoms with Crippen LogP contribution >= 0.6 is 0 Å². The lowest BCUT2D eigenvalue weighted by Crippen LogP contribution is -2.45.